The van der Waals surface area contributed by atoms with E-state index < -0.39 is 11.9 Å². The predicted octanol–water partition coefficient (Wildman–Crippen LogP) is 0.346. The zero-order valence-electron chi connectivity index (χ0n) is 13.0. The number of hydrogen-bond donors (Lipinski definition) is 2. The molecule has 3 amide bonds. The van der Waals surface area contributed by atoms with Crippen molar-refractivity contribution in [3.05, 3.63) is 29.6 Å². The number of imidazole rings is 1. The summed E-state index contributed by atoms with van der Waals surface area (Å²) in [5, 5.41) is 4.92. The molecule has 1 aliphatic rings. The predicted molar refractivity (Wildman–Crippen MR) is 83.5 cm³/mol. The maximum absolute atomic E-state index is 12.2. The van der Waals surface area contributed by atoms with Gasteiger partial charge in [0.05, 0.1) is 17.5 Å². The molecule has 0 bridgehead atoms. The Balaban J connectivity index is 1.74. The van der Waals surface area contributed by atoms with Gasteiger partial charge < -0.3 is 9.88 Å². The first-order valence-corrected chi connectivity index (χ1v) is 7.49. The number of fused-ring (bicyclic) bond motifs is 1. The Hall–Kier alpha value is -2.70. The third-order valence-electron chi connectivity index (χ3n) is 4.14. The van der Waals surface area contributed by atoms with Gasteiger partial charge in [-0.3, -0.25) is 19.7 Å². The van der Waals surface area contributed by atoms with E-state index in [1.54, 1.807) is 0 Å². The van der Waals surface area contributed by atoms with Crippen LogP contribution >= 0.6 is 0 Å². The molecule has 1 saturated heterocycles. The van der Waals surface area contributed by atoms with Gasteiger partial charge in [-0.1, -0.05) is 12.1 Å². The summed E-state index contributed by atoms with van der Waals surface area (Å²) < 4.78 is 1.97. The first-order valence-electron chi connectivity index (χ1n) is 7.49. The van der Waals surface area contributed by atoms with Crippen LogP contribution in [0, 0.1) is 6.92 Å². The molecule has 1 unspecified atom stereocenters. The largest absolute Gasteiger partial charge is 0.344 e. The summed E-state index contributed by atoms with van der Waals surface area (Å²) in [6.45, 7) is 1.91. The number of carbonyl (C=O) groups is 3. The summed E-state index contributed by atoms with van der Waals surface area (Å²) in [5.74, 6) is -0.121. The smallest absolute Gasteiger partial charge is 0.249 e. The highest BCUT2D eigenvalue weighted by molar-refractivity contribution is 6.01. The molecule has 120 valence electrons. The van der Waals surface area contributed by atoms with Crippen molar-refractivity contribution in [1.82, 2.24) is 20.2 Å². The summed E-state index contributed by atoms with van der Waals surface area (Å²) in [5.41, 5.74) is 2.58. The van der Waals surface area contributed by atoms with Gasteiger partial charge in [-0.25, -0.2) is 4.98 Å². The van der Waals surface area contributed by atoms with Crippen molar-refractivity contribution < 1.29 is 14.4 Å². The molecule has 1 aliphatic heterocycles. The lowest BCUT2D eigenvalue weighted by molar-refractivity contribution is -0.137. The number of rotatable bonds is 3. The van der Waals surface area contributed by atoms with Gasteiger partial charge >= 0.3 is 0 Å². The summed E-state index contributed by atoms with van der Waals surface area (Å²) in [6.07, 6.45) is 0.723. The van der Waals surface area contributed by atoms with Gasteiger partial charge in [0.25, 0.3) is 0 Å². The molecule has 2 N–H and O–H groups in total. The van der Waals surface area contributed by atoms with Crippen molar-refractivity contribution in [2.45, 2.75) is 32.2 Å². The van der Waals surface area contributed by atoms with Crippen LogP contribution in [-0.4, -0.2) is 33.3 Å². The molecule has 1 atom stereocenters. The van der Waals surface area contributed by atoms with E-state index in [-0.39, 0.29) is 24.7 Å². The molecule has 0 spiro atoms. The minimum atomic E-state index is -0.648. The van der Waals surface area contributed by atoms with E-state index in [4.69, 9.17) is 0 Å². The zero-order chi connectivity index (χ0) is 16.6. The Labute approximate surface area is 133 Å². The van der Waals surface area contributed by atoms with Crippen molar-refractivity contribution in [2.24, 2.45) is 7.05 Å². The molecule has 1 aromatic carbocycles. The van der Waals surface area contributed by atoms with Crippen molar-refractivity contribution in [2.75, 3.05) is 0 Å². The van der Waals surface area contributed by atoms with Gasteiger partial charge in [-0.2, -0.15) is 0 Å². The number of nitrogens with one attached hydrogen (secondary N) is 2. The number of imide groups is 1. The maximum Gasteiger partial charge on any atom is 0.249 e. The highest BCUT2D eigenvalue weighted by Gasteiger charge is 2.27. The van der Waals surface area contributed by atoms with E-state index in [0.717, 1.165) is 22.4 Å². The number of nitrogens with zero attached hydrogens (tertiary/aromatic N) is 2. The first-order chi connectivity index (χ1) is 11.0. The van der Waals surface area contributed by atoms with Crippen molar-refractivity contribution in [3.8, 4) is 0 Å². The average Bonchev–Trinajstić information content (AvgIpc) is 2.79. The van der Waals surface area contributed by atoms with Gasteiger partial charge in [0.2, 0.25) is 17.7 Å². The SMILES string of the molecule is Cc1nc2c(CC(=O)NC3CCC(=O)NC3=O)cccc2n1C. The van der Waals surface area contributed by atoms with Crippen LogP contribution in [0.15, 0.2) is 18.2 Å². The van der Waals surface area contributed by atoms with Gasteiger partial charge in [-0.15, -0.1) is 0 Å². The first kappa shape index (κ1) is 15.2. The fourth-order valence-corrected chi connectivity index (χ4v) is 2.78. The number of hydrogen-bond acceptors (Lipinski definition) is 4. The molecule has 2 aromatic rings. The van der Waals surface area contributed by atoms with E-state index in [0.29, 0.717) is 6.42 Å². The van der Waals surface area contributed by atoms with Crippen LogP contribution in [0.3, 0.4) is 0 Å². The number of aryl methyl sites for hydroxylation is 2. The average molecular weight is 314 g/mol. The normalized spacial score (nSPS) is 18.1. The van der Waals surface area contributed by atoms with Crippen LogP contribution in [0.25, 0.3) is 11.0 Å². The monoisotopic (exact) mass is 314 g/mol. The Morgan fingerprint density at radius 2 is 2.22 bits per heavy atom. The Kier molecular flexibility index (Phi) is 3.85. The summed E-state index contributed by atoms with van der Waals surface area (Å²) in [4.78, 5) is 39.5. The van der Waals surface area contributed by atoms with Crippen LogP contribution in [0.2, 0.25) is 0 Å². The number of piperidine rings is 1. The molecule has 3 rings (SSSR count). The van der Waals surface area contributed by atoms with Gasteiger partial charge in [-0.05, 0) is 25.0 Å². The Morgan fingerprint density at radius 1 is 1.43 bits per heavy atom. The molecular formula is C16H18N4O3. The minimum Gasteiger partial charge on any atom is -0.344 e. The molecule has 1 aromatic heterocycles. The second kappa shape index (κ2) is 5.83. The van der Waals surface area contributed by atoms with Crippen LogP contribution in [0.4, 0.5) is 0 Å². The molecule has 7 heteroatoms. The van der Waals surface area contributed by atoms with Crippen molar-refractivity contribution in [3.63, 3.8) is 0 Å². The summed E-state index contributed by atoms with van der Waals surface area (Å²) in [6, 6.07) is 5.05. The van der Waals surface area contributed by atoms with Gasteiger partial charge in [0, 0.05) is 13.5 Å². The van der Waals surface area contributed by atoms with Crippen LogP contribution in [0.1, 0.15) is 24.2 Å². The topological polar surface area (TPSA) is 93.1 Å². The number of benzene rings is 1. The molecule has 0 aliphatic carbocycles. The number of para-hydroxylation sites is 1. The second-order valence-corrected chi connectivity index (χ2v) is 5.75. The quantitative estimate of drug-likeness (QED) is 0.799. The van der Waals surface area contributed by atoms with Gasteiger partial charge in [0.15, 0.2) is 0 Å². The highest BCUT2D eigenvalue weighted by Crippen LogP contribution is 2.19. The Morgan fingerprint density at radius 3 is 2.96 bits per heavy atom. The van der Waals surface area contributed by atoms with E-state index in [1.807, 2.05) is 36.7 Å². The fraction of sp³-hybridized carbons (Fsp3) is 0.375. The van der Waals surface area contributed by atoms with Gasteiger partial charge in [0.1, 0.15) is 11.9 Å². The summed E-state index contributed by atoms with van der Waals surface area (Å²) in [7, 11) is 1.93. The standard InChI is InChI=1S/C16H18N4O3/c1-9-17-15-10(4-3-5-12(15)20(9)2)8-14(22)18-11-6-7-13(21)19-16(11)23/h3-5,11H,6-8H2,1-2H3,(H,18,22)(H,19,21,23). The molecule has 2 heterocycles. The Bertz CT molecular complexity index is 809. The van der Waals surface area contributed by atoms with Crippen molar-refractivity contribution in [1.29, 1.82) is 0 Å². The third kappa shape index (κ3) is 2.94. The number of carbonyl (C=O) groups excluding carboxylic acids is 3. The van der Waals surface area contributed by atoms with E-state index >= 15 is 0 Å². The zero-order valence-corrected chi connectivity index (χ0v) is 13.0. The second-order valence-electron chi connectivity index (χ2n) is 5.75. The van der Waals surface area contributed by atoms with Crippen molar-refractivity contribution >= 4 is 28.8 Å². The molecule has 0 saturated carbocycles. The minimum absolute atomic E-state index is 0.144. The van der Waals surface area contributed by atoms with E-state index in [1.165, 1.54) is 0 Å². The number of aromatic nitrogens is 2. The third-order valence-corrected chi connectivity index (χ3v) is 4.14. The van der Waals surface area contributed by atoms with E-state index in [9.17, 15) is 14.4 Å². The van der Waals surface area contributed by atoms with Crippen LogP contribution < -0.4 is 10.6 Å². The summed E-state index contributed by atoms with van der Waals surface area (Å²) >= 11 is 0. The van der Waals surface area contributed by atoms with Crippen LogP contribution in [0.5, 0.6) is 0 Å². The lowest BCUT2D eigenvalue weighted by atomic mass is 10.0. The molecule has 1 fully saturated rings. The highest BCUT2D eigenvalue weighted by atomic mass is 16.2. The maximum atomic E-state index is 12.2. The molecule has 0 radical (unpaired) electrons. The molecule has 7 nitrogen and oxygen atoms in total. The van der Waals surface area contributed by atoms with Crippen LogP contribution in [-0.2, 0) is 27.9 Å². The lowest BCUT2D eigenvalue weighted by Crippen LogP contribution is -2.52. The fourth-order valence-electron chi connectivity index (χ4n) is 2.78. The number of amides is 3. The molecule has 23 heavy (non-hydrogen) atoms. The lowest BCUT2D eigenvalue weighted by Gasteiger charge is -2.21. The molecular weight excluding hydrogens is 296 g/mol. The van der Waals surface area contributed by atoms with E-state index in [2.05, 4.69) is 15.6 Å².